The number of aryl methyl sites for hydroxylation is 3. The van der Waals surface area contributed by atoms with E-state index in [9.17, 15) is 9.59 Å². The second-order valence-corrected chi connectivity index (χ2v) is 7.38. The van der Waals surface area contributed by atoms with Gasteiger partial charge in [-0.1, -0.05) is 11.6 Å². The Labute approximate surface area is 154 Å². The van der Waals surface area contributed by atoms with Crippen LogP contribution in [0.5, 0.6) is 5.75 Å². The molecular formula is C19H20N2O4S. The summed E-state index contributed by atoms with van der Waals surface area (Å²) in [4.78, 5) is 30.3. The zero-order chi connectivity index (χ0) is 19.0. The minimum Gasteiger partial charge on any atom is -0.496 e. The predicted molar refractivity (Wildman–Crippen MR) is 102 cm³/mol. The molecule has 0 atom stereocenters. The number of methoxy groups -OCH3 is 1. The Morgan fingerprint density at radius 2 is 2.04 bits per heavy atom. The Bertz CT molecular complexity index is 1070. The van der Waals surface area contributed by atoms with Crippen molar-refractivity contribution in [3.63, 3.8) is 0 Å². The van der Waals surface area contributed by atoms with Crippen molar-refractivity contribution in [1.82, 2.24) is 9.55 Å². The molecule has 136 valence electrons. The first-order valence-electron chi connectivity index (χ1n) is 8.20. The van der Waals surface area contributed by atoms with Crippen LogP contribution in [-0.4, -0.2) is 27.7 Å². The Morgan fingerprint density at radius 1 is 1.31 bits per heavy atom. The van der Waals surface area contributed by atoms with Crippen LogP contribution in [0.15, 0.2) is 23.0 Å². The fourth-order valence-corrected chi connectivity index (χ4v) is 4.18. The molecule has 2 aromatic heterocycles. The molecule has 6 nitrogen and oxygen atoms in total. The van der Waals surface area contributed by atoms with Crippen molar-refractivity contribution in [3.05, 3.63) is 44.8 Å². The number of ether oxygens (including phenoxy) is 1. The van der Waals surface area contributed by atoms with Crippen LogP contribution in [0.1, 0.15) is 22.7 Å². The zero-order valence-corrected chi connectivity index (χ0v) is 15.9. The molecule has 0 radical (unpaired) electrons. The van der Waals surface area contributed by atoms with Gasteiger partial charge in [0, 0.05) is 22.5 Å². The summed E-state index contributed by atoms with van der Waals surface area (Å²) in [5, 5.41) is 9.48. The van der Waals surface area contributed by atoms with Gasteiger partial charge >= 0.3 is 5.97 Å². The molecule has 3 rings (SSSR count). The lowest BCUT2D eigenvalue weighted by molar-refractivity contribution is -0.137. The third-order valence-corrected chi connectivity index (χ3v) is 5.35. The number of aromatic nitrogens is 2. The van der Waals surface area contributed by atoms with Gasteiger partial charge in [-0.25, -0.2) is 4.98 Å². The first-order chi connectivity index (χ1) is 12.3. The Morgan fingerprint density at radius 3 is 2.69 bits per heavy atom. The zero-order valence-electron chi connectivity index (χ0n) is 15.1. The Kier molecular flexibility index (Phi) is 4.82. The standard InChI is InChI=1S/C19H20N2O4S/c1-10-5-6-14(25-4)13(9-10)16-11(2)26-18-17(16)19(24)21(12(3)20-18)8-7-15(22)23/h5-6,9H,7-8H2,1-4H3,(H,22,23). The molecule has 0 spiro atoms. The van der Waals surface area contributed by atoms with Crippen molar-refractivity contribution in [2.45, 2.75) is 33.7 Å². The van der Waals surface area contributed by atoms with Crippen LogP contribution in [-0.2, 0) is 11.3 Å². The molecule has 0 aliphatic carbocycles. The topological polar surface area (TPSA) is 81.4 Å². The van der Waals surface area contributed by atoms with E-state index in [4.69, 9.17) is 9.84 Å². The van der Waals surface area contributed by atoms with E-state index in [-0.39, 0.29) is 18.5 Å². The molecule has 0 saturated heterocycles. The largest absolute Gasteiger partial charge is 0.496 e. The van der Waals surface area contributed by atoms with Crippen molar-refractivity contribution >= 4 is 27.5 Å². The third-order valence-electron chi connectivity index (χ3n) is 4.35. The van der Waals surface area contributed by atoms with E-state index in [1.165, 1.54) is 15.9 Å². The molecule has 0 aliphatic heterocycles. The molecule has 0 aliphatic rings. The summed E-state index contributed by atoms with van der Waals surface area (Å²) in [7, 11) is 1.60. The van der Waals surface area contributed by atoms with Crippen LogP contribution in [0.4, 0.5) is 0 Å². The second-order valence-electron chi connectivity index (χ2n) is 6.18. The van der Waals surface area contributed by atoms with Gasteiger partial charge in [0.25, 0.3) is 5.56 Å². The van der Waals surface area contributed by atoms with Gasteiger partial charge in [-0.05, 0) is 32.9 Å². The van der Waals surface area contributed by atoms with Gasteiger partial charge in [0.05, 0.1) is 18.9 Å². The molecule has 1 N–H and O–H groups in total. The number of carboxylic acids is 1. The molecule has 3 aromatic rings. The number of hydrogen-bond acceptors (Lipinski definition) is 5. The van der Waals surface area contributed by atoms with E-state index in [0.29, 0.717) is 21.8 Å². The average molecular weight is 372 g/mol. The van der Waals surface area contributed by atoms with Crippen molar-refractivity contribution in [2.75, 3.05) is 7.11 Å². The van der Waals surface area contributed by atoms with Crippen molar-refractivity contribution in [1.29, 1.82) is 0 Å². The fraction of sp³-hybridized carbons (Fsp3) is 0.316. The molecule has 1 aromatic carbocycles. The van der Waals surface area contributed by atoms with Gasteiger partial charge in [-0.3, -0.25) is 14.2 Å². The van der Waals surface area contributed by atoms with Crippen LogP contribution in [0.2, 0.25) is 0 Å². The lowest BCUT2D eigenvalue weighted by Gasteiger charge is -2.12. The van der Waals surface area contributed by atoms with E-state index in [2.05, 4.69) is 4.98 Å². The van der Waals surface area contributed by atoms with E-state index < -0.39 is 5.97 Å². The lowest BCUT2D eigenvalue weighted by Crippen LogP contribution is -2.25. The molecule has 2 heterocycles. The maximum atomic E-state index is 13.1. The van der Waals surface area contributed by atoms with Gasteiger partial charge in [0.1, 0.15) is 16.4 Å². The van der Waals surface area contributed by atoms with Crippen LogP contribution >= 0.6 is 11.3 Å². The number of fused-ring (bicyclic) bond motifs is 1. The van der Waals surface area contributed by atoms with Gasteiger partial charge in [-0.2, -0.15) is 0 Å². The number of nitrogens with zero attached hydrogens (tertiary/aromatic N) is 2. The van der Waals surface area contributed by atoms with Gasteiger partial charge < -0.3 is 9.84 Å². The highest BCUT2D eigenvalue weighted by Crippen LogP contribution is 2.40. The van der Waals surface area contributed by atoms with Crippen molar-refractivity contribution < 1.29 is 14.6 Å². The SMILES string of the molecule is COc1ccc(C)cc1-c1c(C)sc2nc(C)n(CCC(=O)O)c(=O)c12. The number of carboxylic acid groups (broad SMARTS) is 1. The van der Waals surface area contributed by atoms with E-state index in [1.807, 2.05) is 32.0 Å². The maximum Gasteiger partial charge on any atom is 0.305 e. The molecule has 7 heteroatoms. The number of thiophene rings is 1. The van der Waals surface area contributed by atoms with E-state index >= 15 is 0 Å². The second kappa shape index (κ2) is 6.92. The van der Waals surface area contributed by atoms with E-state index in [1.54, 1.807) is 14.0 Å². The maximum absolute atomic E-state index is 13.1. The first kappa shape index (κ1) is 18.1. The molecule has 0 unspecified atom stereocenters. The molecule has 0 saturated carbocycles. The smallest absolute Gasteiger partial charge is 0.305 e. The molecule has 26 heavy (non-hydrogen) atoms. The van der Waals surface area contributed by atoms with Crippen LogP contribution in [0.25, 0.3) is 21.3 Å². The summed E-state index contributed by atoms with van der Waals surface area (Å²) >= 11 is 1.46. The number of hydrogen-bond donors (Lipinski definition) is 1. The Balaban J connectivity index is 2.32. The summed E-state index contributed by atoms with van der Waals surface area (Å²) in [5.74, 6) is 0.265. The van der Waals surface area contributed by atoms with Gasteiger partial charge in [-0.15, -0.1) is 11.3 Å². The minimum atomic E-state index is -0.946. The van der Waals surface area contributed by atoms with Crippen molar-refractivity contribution in [2.24, 2.45) is 0 Å². The normalized spacial score (nSPS) is 11.1. The summed E-state index contributed by atoms with van der Waals surface area (Å²) in [5.41, 5.74) is 2.51. The number of benzene rings is 1. The van der Waals surface area contributed by atoms with Crippen LogP contribution in [0.3, 0.4) is 0 Å². The van der Waals surface area contributed by atoms with Crippen LogP contribution < -0.4 is 10.3 Å². The monoisotopic (exact) mass is 372 g/mol. The van der Waals surface area contributed by atoms with Gasteiger partial charge in [0.2, 0.25) is 0 Å². The summed E-state index contributed by atoms with van der Waals surface area (Å²) in [6, 6.07) is 5.84. The number of rotatable bonds is 5. The van der Waals surface area contributed by atoms with Crippen molar-refractivity contribution in [3.8, 4) is 16.9 Å². The fourth-order valence-electron chi connectivity index (χ4n) is 3.11. The molecular weight excluding hydrogens is 352 g/mol. The molecule has 0 amide bonds. The molecule has 0 bridgehead atoms. The number of carbonyl (C=O) groups is 1. The lowest BCUT2D eigenvalue weighted by atomic mass is 10.0. The average Bonchev–Trinajstić information content (AvgIpc) is 2.90. The Hall–Kier alpha value is -2.67. The third kappa shape index (κ3) is 3.10. The molecule has 0 fully saturated rings. The highest BCUT2D eigenvalue weighted by Gasteiger charge is 2.21. The summed E-state index contributed by atoms with van der Waals surface area (Å²) < 4.78 is 6.94. The summed E-state index contributed by atoms with van der Waals surface area (Å²) in [6.45, 7) is 5.77. The highest BCUT2D eigenvalue weighted by atomic mass is 32.1. The predicted octanol–water partition coefficient (Wildman–Crippen LogP) is 3.53. The highest BCUT2D eigenvalue weighted by molar-refractivity contribution is 7.19. The quantitative estimate of drug-likeness (QED) is 0.741. The minimum absolute atomic E-state index is 0.0994. The van der Waals surface area contributed by atoms with Gasteiger partial charge in [0.15, 0.2) is 0 Å². The first-order valence-corrected chi connectivity index (χ1v) is 9.02. The summed E-state index contributed by atoms with van der Waals surface area (Å²) in [6.07, 6.45) is -0.125. The number of aliphatic carboxylic acids is 1. The van der Waals surface area contributed by atoms with Crippen LogP contribution in [0, 0.1) is 20.8 Å². The van der Waals surface area contributed by atoms with E-state index in [0.717, 1.165) is 21.6 Å².